The van der Waals surface area contributed by atoms with E-state index in [1.54, 1.807) is 0 Å². The summed E-state index contributed by atoms with van der Waals surface area (Å²) in [6, 6.07) is 4.33. The zero-order valence-corrected chi connectivity index (χ0v) is 9.58. The molecule has 0 unspecified atom stereocenters. The van der Waals surface area contributed by atoms with Crippen LogP contribution >= 0.6 is 0 Å². The zero-order valence-electron chi connectivity index (χ0n) is 9.58. The van der Waals surface area contributed by atoms with Crippen molar-refractivity contribution in [1.82, 2.24) is 10.3 Å². The summed E-state index contributed by atoms with van der Waals surface area (Å²) in [4.78, 5) is 7.03. The maximum absolute atomic E-state index is 4.66. The zero-order chi connectivity index (χ0) is 10.7. The molecule has 0 spiro atoms. The first-order valence-corrected chi connectivity index (χ1v) is 5.67. The number of rotatable bonds is 3. The van der Waals surface area contributed by atoms with E-state index in [0.29, 0.717) is 0 Å². The van der Waals surface area contributed by atoms with Crippen molar-refractivity contribution in [1.29, 1.82) is 0 Å². The molecule has 1 aromatic heterocycles. The van der Waals surface area contributed by atoms with Crippen molar-refractivity contribution in [2.24, 2.45) is 0 Å². The molecule has 0 atom stereocenters. The quantitative estimate of drug-likeness (QED) is 0.814. The van der Waals surface area contributed by atoms with Gasteiger partial charge in [-0.2, -0.15) is 0 Å². The highest BCUT2D eigenvalue weighted by Gasteiger charge is 2.13. The van der Waals surface area contributed by atoms with Crippen LogP contribution in [0.25, 0.3) is 0 Å². The monoisotopic (exact) mass is 205 g/mol. The Labute approximate surface area is 91.5 Å². The molecule has 3 heteroatoms. The lowest BCUT2D eigenvalue weighted by Crippen LogP contribution is -2.19. The van der Waals surface area contributed by atoms with Crippen LogP contribution in [0.15, 0.2) is 12.1 Å². The molecule has 0 saturated carbocycles. The molecule has 0 amide bonds. The maximum atomic E-state index is 4.66. The van der Waals surface area contributed by atoms with Crippen molar-refractivity contribution in [3.8, 4) is 0 Å². The van der Waals surface area contributed by atoms with E-state index in [2.05, 4.69) is 34.3 Å². The Morgan fingerprint density at radius 2 is 2.07 bits per heavy atom. The Morgan fingerprint density at radius 1 is 1.33 bits per heavy atom. The molecule has 1 N–H and O–H groups in total. The van der Waals surface area contributed by atoms with Crippen molar-refractivity contribution < 1.29 is 0 Å². The summed E-state index contributed by atoms with van der Waals surface area (Å²) in [7, 11) is 1.97. The Bertz CT molecular complexity index is 330. The molecule has 0 aliphatic carbocycles. The largest absolute Gasteiger partial charge is 0.357 e. The first-order chi connectivity index (χ1) is 7.31. The van der Waals surface area contributed by atoms with Crippen LogP contribution in [0.5, 0.6) is 0 Å². The maximum Gasteiger partial charge on any atom is 0.128 e. The molecule has 3 nitrogen and oxygen atoms in total. The van der Waals surface area contributed by atoms with Gasteiger partial charge in [-0.1, -0.05) is 6.07 Å². The third kappa shape index (κ3) is 2.29. The first-order valence-electron chi connectivity index (χ1n) is 5.67. The molecule has 0 radical (unpaired) electrons. The van der Waals surface area contributed by atoms with E-state index in [1.165, 1.54) is 18.4 Å². The minimum atomic E-state index is 0.902. The molecule has 1 aromatic rings. The second-order valence-corrected chi connectivity index (χ2v) is 4.14. The Hall–Kier alpha value is -1.09. The second kappa shape index (κ2) is 4.62. The minimum Gasteiger partial charge on any atom is -0.357 e. The highest BCUT2D eigenvalue weighted by molar-refractivity contribution is 5.42. The predicted molar refractivity (Wildman–Crippen MR) is 63.2 cm³/mol. The van der Waals surface area contributed by atoms with Crippen molar-refractivity contribution in [2.75, 3.05) is 25.0 Å². The van der Waals surface area contributed by atoms with Gasteiger partial charge in [0.1, 0.15) is 5.82 Å². The summed E-state index contributed by atoms with van der Waals surface area (Å²) in [5, 5.41) is 3.16. The van der Waals surface area contributed by atoms with Gasteiger partial charge in [0.15, 0.2) is 0 Å². The van der Waals surface area contributed by atoms with E-state index in [-0.39, 0.29) is 0 Å². The third-order valence-electron chi connectivity index (χ3n) is 2.98. The normalized spacial score (nSPS) is 16.0. The highest BCUT2D eigenvalue weighted by atomic mass is 15.2. The molecule has 2 rings (SSSR count). The summed E-state index contributed by atoms with van der Waals surface area (Å²) in [6.45, 7) is 5.32. The van der Waals surface area contributed by atoms with Gasteiger partial charge in [-0.05, 0) is 38.4 Å². The van der Waals surface area contributed by atoms with Gasteiger partial charge in [0.2, 0.25) is 0 Å². The SMILES string of the molecule is CNCc1ccc(N2CCCC2)nc1C. The highest BCUT2D eigenvalue weighted by Crippen LogP contribution is 2.19. The van der Waals surface area contributed by atoms with Crippen LogP contribution in [0.1, 0.15) is 24.1 Å². The average Bonchev–Trinajstić information content (AvgIpc) is 2.74. The molecule has 82 valence electrons. The summed E-state index contributed by atoms with van der Waals surface area (Å²) in [5.41, 5.74) is 2.44. The van der Waals surface area contributed by atoms with E-state index in [0.717, 1.165) is 31.1 Å². The molecule has 1 fully saturated rings. The van der Waals surface area contributed by atoms with E-state index >= 15 is 0 Å². The molecule has 1 aliphatic heterocycles. The van der Waals surface area contributed by atoms with Crippen LogP contribution in [0, 0.1) is 6.92 Å². The van der Waals surface area contributed by atoms with Crippen molar-refractivity contribution in [3.05, 3.63) is 23.4 Å². The number of nitrogens with one attached hydrogen (secondary N) is 1. The fraction of sp³-hybridized carbons (Fsp3) is 0.583. The van der Waals surface area contributed by atoms with Gasteiger partial charge in [0.05, 0.1) is 0 Å². The topological polar surface area (TPSA) is 28.2 Å². The number of aryl methyl sites for hydroxylation is 1. The predicted octanol–water partition coefficient (Wildman–Crippen LogP) is 1.71. The third-order valence-corrected chi connectivity index (χ3v) is 2.98. The van der Waals surface area contributed by atoms with Gasteiger partial charge in [-0.25, -0.2) is 4.98 Å². The Kier molecular flexibility index (Phi) is 3.21. The summed E-state index contributed by atoms with van der Waals surface area (Å²) in [6.07, 6.45) is 2.61. The number of nitrogens with zero attached hydrogens (tertiary/aromatic N) is 2. The average molecular weight is 205 g/mol. The Balaban J connectivity index is 2.16. The lowest BCUT2D eigenvalue weighted by atomic mass is 10.2. The van der Waals surface area contributed by atoms with E-state index in [4.69, 9.17) is 0 Å². The lowest BCUT2D eigenvalue weighted by Gasteiger charge is -2.17. The number of pyridine rings is 1. The van der Waals surface area contributed by atoms with Gasteiger partial charge in [0, 0.05) is 25.3 Å². The minimum absolute atomic E-state index is 0.902. The first kappa shape index (κ1) is 10.4. The van der Waals surface area contributed by atoms with Gasteiger partial charge in [-0.3, -0.25) is 0 Å². The fourth-order valence-corrected chi connectivity index (χ4v) is 2.08. The van der Waals surface area contributed by atoms with Gasteiger partial charge in [0.25, 0.3) is 0 Å². The number of hydrogen-bond donors (Lipinski definition) is 1. The van der Waals surface area contributed by atoms with E-state index in [9.17, 15) is 0 Å². The summed E-state index contributed by atoms with van der Waals surface area (Å²) < 4.78 is 0. The molecule has 0 bridgehead atoms. The second-order valence-electron chi connectivity index (χ2n) is 4.14. The van der Waals surface area contributed by atoms with Crippen molar-refractivity contribution in [3.63, 3.8) is 0 Å². The van der Waals surface area contributed by atoms with Crippen LogP contribution in [0.4, 0.5) is 5.82 Å². The van der Waals surface area contributed by atoms with Gasteiger partial charge < -0.3 is 10.2 Å². The van der Waals surface area contributed by atoms with Gasteiger partial charge in [-0.15, -0.1) is 0 Å². The Morgan fingerprint density at radius 3 is 2.67 bits per heavy atom. The lowest BCUT2D eigenvalue weighted by molar-refractivity contribution is 0.801. The number of hydrogen-bond acceptors (Lipinski definition) is 3. The molecule has 2 heterocycles. The van der Waals surface area contributed by atoms with Gasteiger partial charge >= 0.3 is 0 Å². The molecular weight excluding hydrogens is 186 g/mol. The fourth-order valence-electron chi connectivity index (χ4n) is 2.08. The van der Waals surface area contributed by atoms with E-state index < -0.39 is 0 Å². The van der Waals surface area contributed by atoms with Crippen molar-refractivity contribution in [2.45, 2.75) is 26.3 Å². The van der Waals surface area contributed by atoms with Crippen LogP contribution in [0.3, 0.4) is 0 Å². The smallest absolute Gasteiger partial charge is 0.128 e. The molecule has 1 aliphatic rings. The van der Waals surface area contributed by atoms with Crippen molar-refractivity contribution >= 4 is 5.82 Å². The summed E-state index contributed by atoms with van der Waals surface area (Å²) >= 11 is 0. The molecule has 1 saturated heterocycles. The van der Waals surface area contributed by atoms with Crippen LogP contribution in [-0.4, -0.2) is 25.1 Å². The van der Waals surface area contributed by atoms with E-state index in [1.807, 2.05) is 7.05 Å². The van der Waals surface area contributed by atoms with Crippen LogP contribution in [-0.2, 0) is 6.54 Å². The number of anilines is 1. The van der Waals surface area contributed by atoms with Crippen LogP contribution < -0.4 is 10.2 Å². The van der Waals surface area contributed by atoms with Crippen LogP contribution in [0.2, 0.25) is 0 Å². The standard InChI is InChI=1S/C12H19N3/c1-10-11(9-13-2)5-6-12(14-10)15-7-3-4-8-15/h5-6,13H,3-4,7-9H2,1-2H3. The molecular formula is C12H19N3. The summed E-state index contributed by atoms with van der Waals surface area (Å²) in [5.74, 6) is 1.14. The molecule has 15 heavy (non-hydrogen) atoms. The molecule has 0 aromatic carbocycles. The number of aromatic nitrogens is 1.